The molecule has 0 heterocycles. The first-order valence-corrected chi connectivity index (χ1v) is 6.25. The zero-order chi connectivity index (χ0) is 14.2. The van der Waals surface area contributed by atoms with Crippen molar-refractivity contribution >= 4 is 33.5 Å². The number of hydrogen-bond donors (Lipinski definition) is 1. The van der Waals surface area contributed by atoms with Crippen LogP contribution in [0.5, 0.6) is 0 Å². The van der Waals surface area contributed by atoms with Crippen LogP contribution in [0.25, 0.3) is 11.1 Å². The highest BCUT2D eigenvalue weighted by molar-refractivity contribution is 9.10. The molecule has 0 aliphatic carbocycles. The van der Waals surface area contributed by atoms with Crippen molar-refractivity contribution in [1.29, 1.82) is 0 Å². The molecule has 0 fully saturated rings. The molecule has 0 radical (unpaired) electrons. The molecule has 1 N–H and O–H groups in total. The predicted octanol–water partition coefficient (Wildman–Crippen LogP) is 4.75. The van der Waals surface area contributed by atoms with Gasteiger partial charge in [0.05, 0.1) is 10.6 Å². The molecular weight excluding hydrogens is 341 g/mol. The van der Waals surface area contributed by atoms with E-state index in [-0.39, 0.29) is 21.7 Å². The molecule has 2 aromatic carbocycles. The van der Waals surface area contributed by atoms with E-state index >= 15 is 0 Å². The van der Waals surface area contributed by atoms with Gasteiger partial charge in [0.15, 0.2) is 11.6 Å². The molecule has 0 saturated carbocycles. The average Bonchev–Trinajstić information content (AvgIpc) is 2.34. The number of aromatic carboxylic acids is 1. The Balaban J connectivity index is 2.72. The first kappa shape index (κ1) is 14.0. The normalized spacial score (nSPS) is 10.5. The lowest BCUT2D eigenvalue weighted by Crippen LogP contribution is -2.00. The van der Waals surface area contributed by atoms with Crippen LogP contribution in [0.4, 0.5) is 8.78 Å². The Labute approximate surface area is 120 Å². The standard InChI is InChI=1S/C13H6BrClF2O2/c14-6-1-2-7(9(3-6)13(18)19)8-4-11(16)12(17)5-10(8)15/h1-5H,(H,18,19). The van der Waals surface area contributed by atoms with Crippen molar-refractivity contribution in [1.82, 2.24) is 0 Å². The SMILES string of the molecule is O=C(O)c1cc(Br)ccc1-c1cc(F)c(F)cc1Cl. The average molecular weight is 348 g/mol. The van der Waals surface area contributed by atoms with Gasteiger partial charge in [-0.25, -0.2) is 13.6 Å². The van der Waals surface area contributed by atoms with Gasteiger partial charge in [0.2, 0.25) is 0 Å². The van der Waals surface area contributed by atoms with Gasteiger partial charge in [-0.05, 0) is 29.8 Å². The van der Waals surface area contributed by atoms with E-state index in [1.807, 2.05) is 0 Å². The predicted molar refractivity (Wildman–Crippen MR) is 71.5 cm³/mol. The maximum Gasteiger partial charge on any atom is 0.336 e. The van der Waals surface area contributed by atoms with E-state index < -0.39 is 17.6 Å². The maximum absolute atomic E-state index is 13.3. The first-order chi connectivity index (χ1) is 8.90. The topological polar surface area (TPSA) is 37.3 Å². The van der Waals surface area contributed by atoms with E-state index in [0.29, 0.717) is 4.47 Å². The van der Waals surface area contributed by atoms with Crippen molar-refractivity contribution in [3.8, 4) is 11.1 Å². The van der Waals surface area contributed by atoms with Gasteiger partial charge in [-0.1, -0.05) is 33.6 Å². The van der Waals surface area contributed by atoms with Crippen molar-refractivity contribution < 1.29 is 18.7 Å². The van der Waals surface area contributed by atoms with Crippen molar-refractivity contribution in [2.24, 2.45) is 0 Å². The summed E-state index contributed by atoms with van der Waals surface area (Å²) in [6.07, 6.45) is 0. The second-order valence-electron chi connectivity index (χ2n) is 3.74. The summed E-state index contributed by atoms with van der Waals surface area (Å²) in [5, 5.41) is 9.08. The van der Waals surface area contributed by atoms with Gasteiger partial charge < -0.3 is 5.11 Å². The molecule has 2 rings (SSSR count). The van der Waals surface area contributed by atoms with Crippen LogP contribution in [0.15, 0.2) is 34.8 Å². The van der Waals surface area contributed by atoms with Gasteiger partial charge >= 0.3 is 5.97 Å². The van der Waals surface area contributed by atoms with Crippen LogP contribution >= 0.6 is 27.5 Å². The molecule has 0 aliphatic rings. The van der Waals surface area contributed by atoms with E-state index in [1.54, 1.807) is 6.07 Å². The largest absolute Gasteiger partial charge is 0.478 e. The smallest absolute Gasteiger partial charge is 0.336 e. The second-order valence-corrected chi connectivity index (χ2v) is 5.06. The Morgan fingerprint density at radius 3 is 2.37 bits per heavy atom. The third-order valence-corrected chi connectivity index (χ3v) is 3.32. The first-order valence-electron chi connectivity index (χ1n) is 5.08. The van der Waals surface area contributed by atoms with Gasteiger partial charge in [-0.15, -0.1) is 0 Å². The summed E-state index contributed by atoms with van der Waals surface area (Å²) in [7, 11) is 0. The van der Waals surface area contributed by atoms with Crippen LogP contribution in [-0.4, -0.2) is 11.1 Å². The third-order valence-electron chi connectivity index (χ3n) is 2.51. The molecular formula is C13H6BrClF2O2. The Morgan fingerprint density at radius 2 is 1.74 bits per heavy atom. The molecule has 0 spiro atoms. The monoisotopic (exact) mass is 346 g/mol. The molecule has 2 aromatic rings. The zero-order valence-corrected chi connectivity index (χ0v) is 11.6. The molecule has 0 aliphatic heterocycles. The number of benzene rings is 2. The zero-order valence-electron chi connectivity index (χ0n) is 9.25. The second kappa shape index (κ2) is 5.27. The number of carbonyl (C=O) groups is 1. The quantitative estimate of drug-likeness (QED) is 0.796. The fourth-order valence-electron chi connectivity index (χ4n) is 1.66. The number of carboxylic acids is 1. The fourth-order valence-corrected chi connectivity index (χ4v) is 2.27. The van der Waals surface area contributed by atoms with E-state index in [1.165, 1.54) is 12.1 Å². The molecule has 0 atom stereocenters. The number of halogens is 4. The van der Waals surface area contributed by atoms with Crippen molar-refractivity contribution in [2.75, 3.05) is 0 Å². The van der Waals surface area contributed by atoms with Crippen molar-refractivity contribution in [3.63, 3.8) is 0 Å². The van der Waals surface area contributed by atoms with E-state index in [9.17, 15) is 13.6 Å². The minimum absolute atomic E-state index is 0.0521. The summed E-state index contributed by atoms with van der Waals surface area (Å²) >= 11 is 8.99. The number of rotatable bonds is 2. The van der Waals surface area contributed by atoms with Gasteiger partial charge in [-0.3, -0.25) is 0 Å². The van der Waals surface area contributed by atoms with Gasteiger partial charge in [0.25, 0.3) is 0 Å². The van der Waals surface area contributed by atoms with Crippen molar-refractivity contribution in [2.45, 2.75) is 0 Å². The van der Waals surface area contributed by atoms with E-state index in [0.717, 1.165) is 12.1 Å². The summed E-state index contributed by atoms with van der Waals surface area (Å²) in [6, 6.07) is 6.15. The molecule has 0 saturated heterocycles. The lowest BCUT2D eigenvalue weighted by atomic mass is 9.99. The van der Waals surface area contributed by atoms with Crippen LogP contribution in [-0.2, 0) is 0 Å². The molecule has 19 heavy (non-hydrogen) atoms. The van der Waals surface area contributed by atoms with Crippen LogP contribution in [0.3, 0.4) is 0 Å². The lowest BCUT2D eigenvalue weighted by molar-refractivity contribution is 0.0697. The highest BCUT2D eigenvalue weighted by Gasteiger charge is 2.17. The Morgan fingerprint density at radius 1 is 1.11 bits per heavy atom. The molecule has 0 unspecified atom stereocenters. The highest BCUT2D eigenvalue weighted by atomic mass is 79.9. The highest BCUT2D eigenvalue weighted by Crippen LogP contribution is 2.33. The fraction of sp³-hybridized carbons (Fsp3) is 0. The molecule has 6 heteroatoms. The minimum atomic E-state index is -1.18. The van der Waals surface area contributed by atoms with Gasteiger partial charge in [0.1, 0.15) is 0 Å². The molecule has 2 nitrogen and oxygen atoms in total. The minimum Gasteiger partial charge on any atom is -0.478 e. The van der Waals surface area contributed by atoms with Crippen LogP contribution in [0.2, 0.25) is 5.02 Å². The van der Waals surface area contributed by atoms with Crippen LogP contribution in [0, 0.1) is 11.6 Å². The van der Waals surface area contributed by atoms with Gasteiger partial charge in [0, 0.05) is 10.0 Å². The molecule has 0 bridgehead atoms. The number of hydrogen-bond acceptors (Lipinski definition) is 1. The lowest BCUT2D eigenvalue weighted by Gasteiger charge is -2.09. The van der Waals surface area contributed by atoms with E-state index in [4.69, 9.17) is 16.7 Å². The summed E-state index contributed by atoms with van der Waals surface area (Å²) in [5.41, 5.74) is 0.298. The maximum atomic E-state index is 13.3. The van der Waals surface area contributed by atoms with Crippen molar-refractivity contribution in [3.05, 3.63) is 57.0 Å². The molecule has 0 aromatic heterocycles. The summed E-state index contributed by atoms with van der Waals surface area (Å²) in [4.78, 5) is 11.2. The summed E-state index contributed by atoms with van der Waals surface area (Å²) in [6.45, 7) is 0. The molecule has 98 valence electrons. The number of carboxylic acid groups (broad SMARTS) is 1. The Hall–Kier alpha value is -1.46. The Bertz CT molecular complexity index is 674. The van der Waals surface area contributed by atoms with E-state index in [2.05, 4.69) is 15.9 Å². The van der Waals surface area contributed by atoms with Crippen LogP contribution < -0.4 is 0 Å². The summed E-state index contributed by atoms with van der Waals surface area (Å²) < 4.78 is 26.8. The summed E-state index contributed by atoms with van der Waals surface area (Å²) in [5.74, 6) is -3.35. The van der Waals surface area contributed by atoms with Crippen LogP contribution in [0.1, 0.15) is 10.4 Å². The van der Waals surface area contributed by atoms with Gasteiger partial charge in [-0.2, -0.15) is 0 Å². The third kappa shape index (κ3) is 2.77. The Kier molecular flexibility index (Phi) is 3.87. The molecule has 0 amide bonds.